The summed E-state index contributed by atoms with van der Waals surface area (Å²) in [5.74, 6) is -0.377. The average Bonchev–Trinajstić information content (AvgIpc) is 2.39. The number of carbonyl (C=O) groups excluding carboxylic acids is 2. The van der Waals surface area contributed by atoms with Crippen molar-refractivity contribution in [2.75, 3.05) is 26.3 Å². The van der Waals surface area contributed by atoms with E-state index < -0.39 is 6.09 Å². The summed E-state index contributed by atoms with van der Waals surface area (Å²) in [6.45, 7) is 2.53. The summed E-state index contributed by atoms with van der Waals surface area (Å²) in [5, 5.41) is 11.3. The van der Waals surface area contributed by atoms with E-state index in [9.17, 15) is 9.59 Å². The van der Waals surface area contributed by atoms with E-state index in [1.165, 1.54) is 6.42 Å². The lowest BCUT2D eigenvalue weighted by atomic mass is 9.94. The second-order valence-corrected chi connectivity index (χ2v) is 4.75. The Kier molecular flexibility index (Phi) is 7.43. The van der Waals surface area contributed by atoms with Gasteiger partial charge in [-0.15, -0.1) is 0 Å². The molecule has 2 N–H and O–H groups in total. The highest BCUT2D eigenvalue weighted by atomic mass is 16.5. The minimum atomic E-state index is -0.708. The maximum atomic E-state index is 11.7. The van der Waals surface area contributed by atoms with Crippen molar-refractivity contribution >= 4 is 12.0 Å². The van der Waals surface area contributed by atoms with Gasteiger partial charge in [0.15, 0.2) is 0 Å². The van der Waals surface area contributed by atoms with E-state index in [0.29, 0.717) is 12.6 Å². The third-order valence-electron chi connectivity index (χ3n) is 3.34. The van der Waals surface area contributed by atoms with Gasteiger partial charge in [-0.1, -0.05) is 19.3 Å². The first-order chi connectivity index (χ1) is 9.17. The van der Waals surface area contributed by atoms with Crippen LogP contribution in [0.25, 0.3) is 0 Å². The predicted molar refractivity (Wildman–Crippen MR) is 70.7 cm³/mol. The summed E-state index contributed by atoms with van der Waals surface area (Å²) >= 11 is 0. The molecule has 1 saturated carbocycles. The van der Waals surface area contributed by atoms with Crippen LogP contribution in [0.5, 0.6) is 0 Å². The van der Waals surface area contributed by atoms with Crippen LogP contribution >= 0.6 is 0 Å². The fraction of sp³-hybridized carbons (Fsp3) is 0.846. The molecule has 0 radical (unpaired) electrons. The zero-order valence-electron chi connectivity index (χ0n) is 11.6. The van der Waals surface area contributed by atoms with Crippen LogP contribution in [0, 0.1) is 0 Å². The molecule has 110 valence electrons. The van der Waals surface area contributed by atoms with E-state index in [-0.39, 0.29) is 25.7 Å². The molecule has 0 unspecified atom stereocenters. The molecule has 2 amide bonds. The third-order valence-corrected chi connectivity index (χ3v) is 3.34. The van der Waals surface area contributed by atoms with Crippen LogP contribution in [0.4, 0.5) is 4.79 Å². The minimum absolute atomic E-state index is 0.0171. The van der Waals surface area contributed by atoms with Gasteiger partial charge < -0.3 is 9.84 Å². The Morgan fingerprint density at radius 3 is 2.58 bits per heavy atom. The van der Waals surface area contributed by atoms with Gasteiger partial charge in [0.25, 0.3) is 0 Å². The first-order valence-electron chi connectivity index (χ1n) is 6.99. The van der Waals surface area contributed by atoms with Crippen LogP contribution in [-0.4, -0.2) is 54.4 Å². The number of imide groups is 1. The van der Waals surface area contributed by atoms with Gasteiger partial charge in [0.2, 0.25) is 5.91 Å². The normalized spacial score (nSPS) is 16.4. The number of rotatable bonds is 6. The monoisotopic (exact) mass is 272 g/mol. The molecule has 0 bridgehead atoms. The maximum Gasteiger partial charge on any atom is 0.413 e. The number of aliphatic hydroxyl groups excluding tert-OH is 1. The zero-order chi connectivity index (χ0) is 14.1. The van der Waals surface area contributed by atoms with E-state index in [1.54, 1.807) is 6.92 Å². The van der Waals surface area contributed by atoms with Gasteiger partial charge in [-0.05, 0) is 19.8 Å². The largest absolute Gasteiger partial charge is 0.450 e. The zero-order valence-corrected chi connectivity index (χ0v) is 11.6. The summed E-state index contributed by atoms with van der Waals surface area (Å²) in [4.78, 5) is 24.8. The number of nitrogens with one attached hydrogen (secondary N) is 1. The van der Waals surface area contributed by atoms with Crippen LogP contribution in [-0.2, 0) is 9.53 Å². The number of aliphatic hydroxyl groups is 1. The number of hydrogen-bond donors (Lipinski definition) is 2. The van der Waals surface area contributed by atoms with Gasteiger partial charge in [-0.2, -0.15) is 0 Å². The first-order valence-corrected chi connectivity index (χ1v) is 6.99. The van der Waals surface area contributed by atoms with Crippen molar-refractivity contribution in [2.24, 2.45) is 0 Å². The van der Waals surface area contributed by atoms with Crippen molar-refractivity contribution in [1.29, 1.82) is 0 Å². The fourth-order valence-corrected chi connectivity index (χ4v) is 2.47. The van der Waals surface area contributed by atoms with Gasteiger partial charge in [0, 0.05) is 12.6 Å². The van der Waals surface area contributed by atoms with Crippen molar-refractivity contribution in [2.45, 2.75) is 45.1 Å². The summed E-state index contributed by atoms with van der Waals surface area (Å²) in [7, 11) is 0. The first kappa shape index (κ1) is 15.9. The molecule has 0 saturated heterocycles. The van der Waals surface area contributed by atoms with Crippen LogP contribution < -0.4 is 5.32 Å². The second-order valence-electron chi connectivity index (χ2n) is 4.75. The quantitative estimate of drug-likeness (QED) is 0.750. The highest BCUT2D eigenvalue weighted by molar-refractivity contribution is 5.92. The number of carbonyl (C=O) groups is 2. The van der Waals surface area contributed by atoms with Gasteiger partial charge in [0.05, 0.1) is 19.8 Å². The van der Waals surface area contributed by atoms with Gasteiger partial charge in [0.1, 0.15) is 0 Å². The van der Waals surface area contributed by atoms with Gasteiger partial charge in [-0.25, -0.2) is 4.79 Å². The second kappa shape index (κ2) is 8.87. The number of alkyl carbamates (subject to hydrolysis) is 1. The molecule has 0 aromatic rings. The van der Waals surface area contributed by atoms with E-state index in [0.717, 1.165) is 25.7 Å². The Hall–Kier alpha value is -1.14. The molecule has 0 aromatic carbocycles. The molecule has 19 heavy (non-hydrogen) atoms. The Balaban J connectivity index is 2.42. The lowest BCUT2D eigenvalue weighted by Gasteiger charge is -2.33. The third kappa shape index (κ3) is 6.02. The molecule has 6 nitrogen and oxygen atoms in total. The Bertz CT molecular complexity index is 290. The van der Waals surface area contributed by atoms with Crippen molar-refractivity contribution in [3.63, 3.8) is 0 Å². The summed E-state index contributed by atoms with van der Waals surface area (Å²) < 4.78 is 4.66. The smallest absolute Gasteiger partial charge is 0.413 e. The topological polar surface area (TPSA) is 78.9 Å². The lowest BCUT2D eigenvalue weighted by molar-refractivity contribution is -0.122. The molecular formula is C13H24N2O4. The van der Waals surface area contributed by atoms with Crippen LogP contribution in [0.1, 0.15) is 39.0 Å². The van der Waals surface area contributed by atoms with Crippen molar-refractivity contribution < 1.29 is 19.4 Å². The van der Waals surface area contributed by atoms with E-state index >= 15 is 0 Å². The van der Waals surface area contributed by atoms with Crippen LogP contribution in [0.15, 0.2) is 0 Å². The maximum absolute atomic E-state index is 11.7. The number of ether oxygens (including phenoxy) is 1. The van der Waals surface area contributed by atoms with Crippen molar-refractivity contribution in [1.82, 2.24) is 10.2 Å². The standard InChI is InChI=1S/C13H24N2O4/c1-2-19-13(18)14-12(17)10-15(8-9-16)11-6-4-3-5-7-11/h11,16H,2-10H2,1H3,(H,14,17,18). The van der Waals surface area contributed by atoms with Gasteiger partial charge >= 0.3 is 6.09 Å². The molecule has 0 aliphatic heterocycles. The van der Waals surface area contributed by atoms with E-state index in [4.69, 9.17) is 5.11 Å². The molecule has 0 heterocycles. The molecule has 1 fully saturated rings. The molecule has 0 atom stereocenters. The van der Waals surface area contributed by atoms with Gasteiger partial charge in [-0.3, -0.25) is 15.0 Å². The summed E-state index contributed by atoms with van der Waals surface area (Å²) in [5.41, 5.74) is 0. The summed E-state index contributed by atoms with van der Waals surface area (Å²) in [6.07, 6.45) is 4.94. The Morgan fingerprint density at radius 2 is 2.00 bits per heavy atom. The summed E-state index contributed by atoms with van der Waals surface area (Å²) in [6, 6.07) is 0.328. The lowest BCUT2D eigenvalue weighted by Crippen LogP contribution is -2.46. The van der Waals surface area contributed by atoms with E-state index in [2.05, 4.69) is 10.1 Å². The van der Waals surface area contributed by atoms with Crippen molar-refractivity contribution in [3.05, 3.63) is 0 Å². The average molecular weight is 272 g/mol. The van der Waals surface area contributed by atoms with E-state index in [1.807, 2.05) is 4.90 Å². The molecule has 0 aromatic heterocycles. The van der Waals surface area contributed by atoms with Crippen molar-refractivity contribution in [3.8, 4) is 0 Å². The number of nitrogens with zero attached hydrogens (tertiary/aromatic N) is 1. The molecule has 1 aliphatic carbocycles. The number of amides is 2. The Labute approximate surface area is 114 Å². The highest BCUT2D eigenvalue weighted by Crippen LogP contribution is 2.22. The molecular weight excluding hydrogens is 248 g/mol. The minimum Gasteiger partial charge on any atom is -0.450 e. The molecule has 1 aliphatic rings. The highest BCUT2D eigenvalue weighted by Gasteiger charge is 2.23. The SMILES string of the molecule is CCOC(=O)NC(=O)CN(CCO)C1CCCCC1. The molecule has 0 spiro atoms. The molecule has 6 heteroatoms. The fourth-order valence-electron chi connectivity index (χ4n) is 2.47. The number of hydrogen-bond acceptors (Lipinski definition) is 5. The van der Waals surface area contributed by atoms with Crippen LogP contribution in [0.3, 0.4) is 0 Å². The molecule has 1 rings (SSSR count). The Morgan fingerprint density at radius 1 is 1.32 bits per heavy atom. The van der Waals surface area contributed by atoms with Crippen LogP contribution in [0.2, 0.25) is 0 Å². The predicted octanol–water partition coefficient (Wildman–Crippen LogP) is 0.886.